The molecule has 1 amide bonds. The molecular weight excluding hydrogens is 346 g/mol. The second-order valence-electron chi connectivity index (χ2n) is 6.49. The Morgan fingerprint density at radius 1 is 1.04 bits per heavy atom. The summed E-state index contributed by atoms with van der Waals surface area (Å²) < 4.78 is 11.8. The van der Waals surface area contributed by atoms with Gasteiger partial charge in [0.2, 0.25) is 5.91 Å². The van der Waals surface area contributed by atoms with Gasteiger partial charge in [-0.3, -0.25) is 9.36 Å². The van der Waals surface area contributed by atoms with Crippen LogP contribution in [0.3, 0.4) is 0 Å². The largest absolute Gasteiger partial charge is 0.497 e. The van der Waals surface area contributed by atoms with Crippen molar-refractivity contribution in [2.75, 3.05) is 38.2 Å². The molecule has 1 aliphatic rings. The third-order valence-corrected chi connectivity index (χ3v) is 4.94. The van der Waals surface area contributed by atoms with E-state index in [9.17, 15) is 9.59 Å². The number of para-hydroxylation sites is 2. The zero-order valence-electron chi connectivity index (χ0n) is 15.1. The number of aromatic nitrogens is 1. The third kappa shape index (κ3) is 3.40. The van der Waals surface area contributed by atoms with Crippen LogP contribution in [-0.2, 0) is 11.3 Å². The van der Waals surface area contributed by atoms with Crippen molar-refractivity contribution in [1.29, 1.82) is 0 Å². The van der Waals surface area contributed by atoms with Gasteiger partial charge in [-0.1, -0.05) is 12.1 Å². The number of hydrogen-bond acceptors (Lipinski definition) is 5. The summed E-state index contributed by atoms with van der Waals surface area (Å²) in [6.45, 7) is 2.74. The van der Waals surface area contributed by atoms with Crippen LogP contribution in [0.5, 0.6) is 5.75 Å². The molecule has 2 heterocycles. The van der Waals surface area contributed by atoms with Crippen molar-refractivity contribution >= 4 is 22.7 Å². The van der Waals surface area contributed by atoms with Gasteiger partial charge in [0.05, 0.1) is 12.6 Å². The van der Waals surface area contributed by atoms with Crippen LogP contribution in [0.1, 0.15) is 0 Å². The second-order valence-corrected chi connectivity index (χ2v) is 6.49. The van der Waals surface area contributed by atoms with Crippen molar-refractivity contribution in [3.63, 3.8) is 0 Å². The molecule has 0 radical (unpaired) electrons. The Morgan fingerprint density at radius 3 is 2.44 bits per heavy atom. The number of hydrogen-bond donors (Lipinski definition) is 0. The SMILES string of the molecule is COc1ccc(N2CCN(C(=O)Cn3c(=O)oc4ccccc43)CC2)cc1. The molecule has 3 aromatic rings. The van der Waals surface area contributed by atoms with Crippen molar-refractivity contribution < 1.29 is 13.9 Å². The van der Waals surface area contributed by atoms with E-state index in [1.807, 2.05) is 30.3 Å². The highest BCUT2D eigenvalue weighted by Gasteiger charge is 2.23. The van der Waals surface area contributed by atoms with Gasteiger partial charge in [-0.25, -0.2) is 4.79 Å². The molecular formula is C20H21N3O4. The van der Waals surface area contributed by atoms with Crippen molar-refractivity contribution in [3.05, 3.63) is 59.1 Å². The average molecular weight is 367 g/mol. The molecule has 2 aromatic carbocycles. The standard InChI is InChI=1S/C20H21N3O4/c1-26-16-8-6-15(7-9-16)21-10-12-22(13-11-21)19(24)14-23-17-4-2-3-5-18(17)27-20(23)25/h2-9H,10-14H2,1H3. The molecule has 0 saturated carbocycles. The molecule has 1 saturated heterocycles. The molecule has 0 bridgehead atoms. The van der Waals surface area contributed by atoms with Gasteiger partial charge in [-0.05, 0) is 36.4 Å². The van der Waals surface area contributed by atoms with Gasteiger partial charge in [0.25, 0.3) is 0 Å². The van der Waals surface area contributed by atoms with E-state index in [1.165, 1.54) is 4.57 Å². The number of piperazine rings is 1. The first kappa shape index (κ1) is 17.2. The van der Waals surface area contributed by atoms with Crippen molar-refractivity contribution in [2.24, 2.45) is 0 Å². The molecule has 0 unspecified atom stereocenters. The molecule has 1 aliphatic heterocycles. The number of carbonyl (C=O) groups excluding carboxylic acids is 1. The van der Waals surface area contributed by atoms with E-state index in [0.29, 0.717) is 24.2 Å². The van der Waals surface area contributed by atoms with Crippen molar-refractivity contribution in [1.82, 2.24) is 9.47 Å². The number of carbonyl (C=O) groups is 1. The smallest absolute Gasteiger partial charge is 0.420 e. The summed E-state index contributed by atoms with van der Waals surface area (Å²) in [5.41, 5.74) is 2.26. The third-order valence-electron chi connectivity index (χ3n) is 4.94. The number of methoxy groups -OCH3 is 1. The molecule has 1 aromatic heterocycles. The Balaban J connectivity index is 1.41. The van der Waals surface area contributed by atoms with Crippen LogP contribution in [0.15, 0.2) is 57.7 Å². The maximum absolute atomic E-state index is 12.7. The molecule has 0 aliphatic carbocycles. The van der Waals surface area contributed by atoms with Gasteiger partial charge < -0.3 is 19.0 Å². The molecule has 7 heteroatoms. The number of nitrogens with zero attached hydrogens (tertiary/aromatic N) is 3. The van der Waals surface area contributed by atoms with Crippen LogP contribution in [-0.4, -0.2) is 48.7 Å². The minimum Gasteiger partial charge on any atom is -0.497 e. The Kier molecular flexibility index (Phi) is 4.58. The minimum atomic E-state index is -0.499. The Hall–Kier alpha value is -3.22. The predicted octanol–water partition coefficient (Wildman–Crippen LogP) is 1.95. The summed E-state index contributed by atoms with van der Waals surface area (Å²) >= 11 is 0. The van der Waals surface area contributed by atoms with Crippen molar-refractivity contribution in [2.45, 2.75) is 6.54 Å². The number of fused-ring (bicyclic) bond motifs is 1. The fourth-order valence-electron chi connectivity index (χ4n) is 3.41. The lowest BCUT2D eigenvalue weighted by Gasteiger charge is -2.36. The number of amides is 1. The lowest BCUT2D eigenvalue weighted by Crippen LogP contribution is -2.50. The topological polar surface area (TPSA) is 67.9 Å². The first-order valence-corrected chi connectivity index (χ1v) is 8.91. The van der Waals surface area contributed by atoms with Gasteiger partial charge >= 0.3 is 5.76 Å². The zero-order valence-corrected chi connectivity index (χ0v) is 15.1. The second kappa shape index (κ2) is 7.19. The van der Waals surface area contributed by atoms with Crippen LogP contribution < -0.4 is 15.4 Å². The lowest BCUT2D eigenvalue weighted by molar-refractivity contribution is -0.132. The van der Waals surface area contributed by atoms with Gasteiger partial charge in [-0.15, -0.1) is 0 Å². The van der Waals surface area contributed by atoms with Gasteiger partial charge in [0, 0.05) is 31.9 Å². The highest BCUT2D eigenvalue weighted by atomic mass is 16.5. The number of ether oxygens (including phenoxy) is 1. The predicted molar refractivity (Wildman–Crippen MR) is 102 cm³/mol. The Labute approximate surface area is 156 Å². The number of anilines is 1. The van der Waals surface area contributed by atoms with Crippen LogP contribution in [0, 0.1) is 0 Å². The van der Waals surface area contributed by atoms with E-state index in [2.05, 4.69) is 4.90 Å². The molecule has 4 rings (SSSR count). The molecule has 0 spiro atoms. The summed E-state index contributed by atoms with van der Waals surface area (Å²) in [5, 5.41) is 0. The van der Waals surface area contributed by atoms with E-state index in [-0.39, 0.29) is 12.5 Å². The molecule has 140 valence electrons. The van der Waals surface area contributed by atoms with E-state index < -0.39 is 5.76 Å². The minimum absolute atomic E-state index is 0.00160. The normalized spacial score (nSPS) is 14.6. The maximum atomic E-state index is 12.7. The molecule has 1 fully saturated rings. The van der Waals surface area contributed by atoms with E-state index in [0.717, 1.165) is 24.5 Å². The van der Waals surface area contributed by atoms with Crippen LogP contribution in [0.4, 0.5) is 5.69 Å². The first-order valence-electron chi connectivity index (χ1n) is 8.91. The van der Waals surface area contributed by atoms with E-state index in [4.69, 9.17) is 9.15 Å². The number of oxazole rings is 1. The highest BCUT2D eigenvalue weighted by molar-refractivity contribution is 5.79. The highest BCUT2D eigenvalue weighted by Crippen LogP contribution is 2.20. The maximum Gasteiger partial charge on any atom is 0.420 e. The van der Waals surface area contributed by atoms with Crippen molar-refractivity contribution in [3.8, 4) is 5.75 Å². The zero-order chi connectivity index (χ0) is 18.8. The lowest BCUT2D eigenvalue weighted by atomic mass is 10.2. The first-order chi connectivity index (χ1) is 13.2. The number of benzene rings is 2. The van der Waals surface area contributed by atoms with Gasteiger partial charge in [0.15, 0.2) is 5.58 Å². The Morgan fingerprint density at radius 2 is 1.74 bits per heavy atom. The van der Waals surface area contributed by atoms with E-state index >= 15 is 0 Å². The van der Waals surface area contributed by atoms with Gasteiger partial charge in [-0.2, -0.15) is 0 Å². The van der Waals surface area contributed by atoms with Crippen LogP contribution >= 0.6 is 0 Å². The quantitative estimate of drug-likeness (QED) is 0.705. The molecule has 0 atom stereocenters. The molecule has 27 heavy (non-hydrogen) atoms. The van der Waals surface area contributed by atoms with E-state index in [1.54, 1.807) is 30.2 Å². The summed E-state index contributed by atoms with van der Waals surface area (Å²) in [6.07, 6.45) is 0. The average Bonchev–Trinajstić information content (AvgIpc) is 3.03. The summed E-state index contributed by atoms with van der Waals surface area (Å²) in [7, 11) is 1.65. The monoisotopic (exact) mass is 367 g/mol. The number of rotatable bonds is 4. The molecule has 0 N–H and O–H groups in total. The summed E-state index contributed by atoms with van der Waals surface area (Å²) in [4.78, 5) is 28.8. The molecule has 7 nitrogen and oxygen atoms in total. The summed E-state index contributed by atoms with van der Waals surface area (Å²) in [6, 6.07) is 15.1. The fourth-order valence-corrected chi connectivity index (χ4v) is 3.41. The Bertz CT molecular complexity index is 998. The fraction of sp³-hybridized carbons (Fsp3) is 0.300. The summed E-state index contributed by atoms with van der Waals surface area (Å²) in [5.74, 6) is 0.254. The van der Waals surface area contributed by atoms with Gasteiger partial charge in [0.1, 0.15) is 12.3 Å². The van der Waals surface area contributed by atoms with Crippen LogP contribution in [0.25, 0.3) is 11.1 Å². The van der Waals surface area contributed by atoms with Crippen LogP contribution in [0.2, 0.25) is 0 Å².